The van der Waals surface area contributed by atoms with Gasteiger partial charge in [-0.2, -0.15) is 0 Å². The Morgan fingerprint density at radius 2 is 0.975 bits per heavy atom. The quantitative estimate of drug-likeness (QED) is 0.235. The molecule has 6 aromatic rings. The van der Waals surface area contributed by atoms with Crippen molar-refractivity contribution in [3.8, 4) is 11.6 Å². The van der Waals surface area contributed by atoms with Gasteiger partial charge in [-0.05, 0) is 47.5 Å². The monoisotopic (exact) mass is 658 g/mol. The van der Waals surface area contributed by atoms with E-state index in [1.54, 1.807) is 36.7 Å². The molecule has 4 aromatic heterocycles. The molecule has 0 unspecified atom stereocenters. The lowest BCUT2D eigenvalue weighted by atomic mass is 10.1. The third-order valence-corrected chi connectivity index (χ3v) is 7.53. The predicted octanol–water partition coefficient (Wildman–Crippen LogP) is 5.83. The number of aromatic nitrogens is 6. The summed E-state index contributed by atoms with van der Waals surface area (Å²) in [6.45, 7) is 0. The Labute approximate surface area is 246 Å². The summed E-state index contributed by atoms with van der Waals surface area (Å²) in [6, 6.07) is 30.1. The number of nitrogens with zero attached hydrogens (tertiary/aromatic N) is 4. The summed E-state index contributed by atoms with van der Waals surface area (Å²) in [4.78, 5) is 32.3. The molecule has 0 aliphatic carbocycles. The summed E-state index contributed by atoms with van der Waals surface area (Å²) in [5, 5.41) is 6.19. The molecule has 0 saturated carbocycles. The van der Waals surface area contributed by atoms with Crippen molar-refractivity contribution < 1.29 is 0 Å². The smallest absolute Gasteiger partial charge is 0.272 e. The molecule has 0 atom stereocenters. The molecule has 0 radical (unpaired) electrons. The number of halogens is 2. The minimum absolute atomic E-state index is 0.106. The zero-order valence-electron chi connectivity index (χ0n) is 21.2. The van der Waals surface area contributed by atoms with Crippen LogP contribution in [0.1, 0.15) is 22.5 Å². The van der Waals surface area contributed by atoms with Crippen molar-refractivity contribution in [1.82, 2.24) is 29.5 Å². The second-order valence-corrected chi connectivity index (χ2v) is 10.5. The van der Waals surface area contributed by atoms with Crippen molar-refractivity contribution in [3.63, 3.8) is 0 Å². The zero-order chi connectivity index (χ0) is 27.9. The molecule has 0 aliphatic heterocycles. The number of hydrogen-bond donors (Lipinski definition) is 2. The minimum atomic E-state index is -0.106. The number of pyridine rings is 2. The van der Waals surface area contributed by atoms with Crippen LogP contribution in [0.15, 0.2) is 128 Å². The fourth-order valence-electron chi connectivity index (χ4n) is 4.08. The van der Waals surface area contributed by atoms with E-state index in [4.69, 9.17) is 0 Å². The molecule has 0 spiro atoms. The Morgan fingerprint density at radius 3 is 1.35 bits per heavy atom. The standard InChI is InChI=1S/2C15H12BrN3O/c2*16-13-6-2-1-5-11(13)9-12-10-15(20)19(18-12)14-7-3-4-8-17-14/h2*1-8,10,18H,9H2. The third kappa shape index (κ3) is 6.64. The molecule has 0 fully saturated rings. The molecule has 0 saturated heterocycles. The van der Waals surface area contributed by atoms with Crippen LogP contribution in [0.5, 0.6) is 0 Å². The van der Waals surface area contributed by atoms with Crippen molar-refractivity contribution in [3.05, 3.63) is 162 Å². The van der Waals surface area contributed by atoms with Gasteiger partial charge in [-0.1, -0.05) is 80.4 Å². The summed E-state index contributed by atoms with van der Waals surface area (Å²) < 4.78 is 4.97. The molecule has 40 heavy (non-hydrogen) atoms. The maximum Gasteiger partial charge on any atom is 0.272 e. The predicted molar refractivity (Wildman–Crippen MR) is 162 cm³/mol. The molecular formula is C30H24Br2N6O2. The Balaban J connectivity index is 0.000000161. The number of H-pyrrole nitrogens is 2. The number of aromatic amines is 2. The average Bonchev–Trinajstić information content (AvgIpc) is 3.53. The maximum absolute atomic E-state index is 12.0. The highest BCUT2D eigenvalue weighted by Gasteiger charge is 2.09. The van der Waals surface area contributed by atoms with Gasteiger partial charge >= 0.3 is 0 Å². The molecule has 4 heterocycles. The second-order valence-electron chi connectivity index (χ2n) is 8.82. The number of nitrogens with one attached hydrogen (secondary N) is 2. The van der Waals surface area contributed by atoms with Gasteiger partial charge in [0.2, 0.25) is 0 Å². The molecule has 10 heteroatoms. The van der Waals surface area contributed by atoms with Crippen LogP contribution < -0.4 is 11.1 Å². The van der Waals surface area contributed by atoms with Gasteiger partial charge in [-0.15, -0.1) is 0 Å². The van der Waals surface area contributed by atoms with Gasteiger partial charge in [0.1, 0.15) is 0 Å². The van der Waals surface area contributed by atoms with Crippen LogP contribution in [0.25, 0.3) is 11.6 Å². The number of rotatable bonds is 6. The second kappa shape index (κ2) is 12.7. The molecule has 2 aromatic carbocycles. The summed E-state index contributed by atoms with van der Waals surface area (Å²) >= 11 is 7.03. The van der Waals surface area contributed by atoms with E-state index in [0.717, 1.165) is 31.5 Å². The van der Waals surface area contributed by atoms with Crippen molar-refractivity contribution in [2.45, 2.75) is 12.8 Å². The topological polar surface area (TPSA) is 101 Å². The van der Waals surface area contributed by atoms with E-state index in [9.17, 15) is 9.59 Å². The van der Waals surface area contributed by atoms with Crippen LogP contribution >= 0.6 is 31.9 Å². The van der Waals surface area contributed by atoms with E-state index in [-0.39, 0.29) is 11.1 Å². The lowest BCUT2D eigenvalue weighted by molar-refractivity contribution is 0.798. The summed E-state index contributed by atoms with van der Waals surface area (Å²) in [5.41, 5.74) is 3.75. The Morgan fingerprint density at radius 1 is 0.575 bits per heavy atom. The van der Waals surface area contributed by atoms with Gasteiger partial charge < -0.3 is 0 Å². The third-order valence-electron chi connectivity index (χ3n) is 5.98. The Kier molecular flexibility index (Phi) is 8.68. The van der Waals surface area contributed by atoms with E-state index >= 15 is 0 Å². The first-order chi connectivity index (χ1) is 19.5. The van der Waals surface area contributed by atoms with Crippen LogP contribution in [0.3, 0.4) is 0 Å². The largest absolute Gasteiger partial charge is 0.293 e. The first-order valence-corrected chi connectivity index (χ1v) is 14.0. The van der Waals surface area contributed by atoms with Crippen LogP contribution in [-0.4, -0.2) is 29.5 Å². The van der Waals surface area contributed by atoms with Crippen LogP contribution in [0.4, 0.5) is 0 Å². The van der Waals surface area contributed by atoms with Crippen LogP contribution in [0, 0.1) is 0 Å². The number of benzene rings is 2. The van der Waals surface area contributed by atoms with Crippen molar-refractivity contribution in [2.75, 3.05) is 0 Å². The fourth-order valence-corrected chi connectivity index (χ4v) is 4.93. The van der Waals surface area contributed by atoms with E-state index in [1.807, 2.05) is 72.8 Å². The SMILES string of the molecule is O=c1cc(Cc2ccccc2Br)[nH]n1-c1ccccn1.O=c1cc(Cc2ccccc2Br)[nH]n1-c1ccccn1. The van der Waals surface area contributed by atoms with Gasteiger partial charge in [0.25, 0.3) is 11.1 Å². The summed E-state index contributed by atoms with van der Waals surface area (Å²) in [7, 11) is 0. The normalized spacial score (nSPS) is 10.7. The highest BCUT2D eigenvalue weighted by molar-refractivity contribution is 9.10. The molecule has 200 valence electrons. The van der Waals surface area contributed by atoms with Gasteiger partial charge in [0.15, 0.2) is 11.6 Å². The Hall–Kier alpha value is -4.28. The molecule has 0 aliphatic rings. The van der Waals surface area contributed by atoms with Gasteiger partial charge in [-0.3, -0.25) is 19.8 Å². The first kappa shape index (κ1) is 27.3. The van der Waals surface area contributed by atoms with E-state index in [2.05, 4.69) is 52.0 Å². The van der Waals surface area contributed by atoms with Crippen molar-refractivity contribution in [2.24, 2.45) is 0 Å². The van der Waals surface area contributed by atoms with Gasteiger partial charge in [0.05, 0.1) is 0 Å². The number of hydrogen-bond acceptors (Lipinski definition) is 4. The summed E-state index contributed by atoms with van der Waals surface area (Å²) in [5.74, 6) is 1.19. The van der Waals surface area contributed by atoms with Gasteiger partial charge in [-0.25, -0.2) is 19.3 Å². The lowest BCUT2D eigenvalue weighted by Crippen LogP contribution is -2.14. The highest BCUT2D eigenvalue weighted by atomic mass is 79.9. The van der Waals surface area contributed by atoms with E-state index in [1.165, 1.54) is 9.36 Å². The maximum atomic E-state index is 12.0. The first-order valence-electron chi connectivity index (χ1n) is 12.4. The average molecular weight is 660 g/mol. The summed E-state index contributed by atoms with van der Waals surface area (Å²) in [6.07, 6.45) is 4.65. The molecule has 0 amide bonds. The van der Waals surface area contributed by atoms with Crippen LogP contribution in [-0.2, 0) is 12.8 Å². The van der Waals surface area contributed by atoms with Gasteiger partial charge in [0, 0.05) is 57.7 Å². The molecular weight excluding hydrogens is 636 g/mol. The van der Waals surface area contributed by atoms with E-state index < -0.39 is 0 Å². The minimum Gasteiger partial charge on any atom is -0.293 e. The highest BCUT2D eigenvalue weighted by Crippen LogP contribution is 2.19. The van der Waals surface area contributed by atoms with Crippen LogP contribution in [0.2, 0.25) is 0 Å². The molecule has 2 N–H and O–H groups in total. The fraction of sp³-hybridized carbons (Fsp3) is 0.0667. The zero-order valence-corrected chi connectivity index (χ0v) is 24.3. The molecule has 6 rings (SSSR count). The Bertz CT molecular complexity index is 1690. The lowest BCUT2D eigenvalue weighted by Gasteiger charge is -2.03. The molecule has 8 nitrogen and oxygen atoms in total. The van der Waals surface area contributed by atoms with E-state index in [0.29, 0.717) is 24.5 Å². The van der Waals surface area contributed by atoms with Crippen molar-refractivity contribution in [1.29, 1.82) is 0 Å². The molecule has 0 bridgehead atoms. The van der Waals surface area contributed by atoms with Crippen molar-refractivity contribution >= 4 is 31.9 Å².